The van der Waals surface area contributed by atoms with Crippen LogP contribution in [0.1, 0.15) is 21.5 Å². The Morgan fingerprint density at radius 2 is 1.84 bits per heavy atom. The average Bonchev–Trinajstić information content (AvgIpc) is 2.38. The molecule has 0 spiro atoms. The van der Waals surface area contributed by atoms with Crippen LogP contribution >= 0.6 is 27.5 Å². The predicted octanol–water partition coefficient (Wildman–Crippen LogP) is 4.97. The minimum absolute atomic E-state index is 0.161. The van der Waals surface area contributed by atoms with E-state index in [1.165, 1.54) is 0 Å². The number of carbonyl (C=O) groups is 1. The molecule has 0 aromatic heterocycles. The first-order valence-corrected chi connectivity index (χ1v) is 6.99. The maximum Gasteiger partial charge on any atom is 0.256 e. The van der Waals surface area contributed by atoms with Crippen LogP contribution in [0.3, 0.4) is 0 Å². The van der Waals surface area contributed by atoms with Crippen molar-refractivity contribution in [1.29, 1.82) is 0 Å². The molecule has 0 saturated carbocycles. The lowest BCUT2D eigenvalue weighted by Gasteiger charge is -2.11. The van der Waals surface area contributed by atoms with Crippen molar-refractivity contribution in [2.45, 2.75) is 13.8 Å². The lowest BCUT2D eigenvalue weighted by Crippen LogP contribution is -2.14. The molecule has 0 atom stereocenters. The third-order valence-electron chi connectivity index (χ3n) is 2.95. The number of rotatable bonds is 2. The molecule has 0 saturated heterocycles. The highest BCUT2D eigenvalue weighted by atomic mass is 79.9. The molecule has 0 aliphatic heterocycles. The Labute approximate surface area is 125 Å². The fourth-order valence-corrected chi connectivity index (χ4v) is 2.33. The lowest BCUT2D eigenvalue weighted by atomic mass is 10.1. The van der Waals surface area contributed by atoms with E-state index in [1.807, 2.05) is 32.0 Å². The number of anilines is 1. The van der Waals surface area contributed by atoms with Gasteiger partial charge in [-0.25, -0.2) is 0 Å². The Morgan fingerprint density at radius 3 is 2.58 bits per heavy atom. The quantitative estimate of drug-likeness (QED) is 0.823. The molecule has 2 rings (SSSR count). The van der Waals surface area contributed by atoms with Crippen LogP contribution in [-0.2, 0) is 0 Å². The number of halogens is 2. The van der Waals surface area contributed by atoms with Gasteiger partial charge < -0.3 is 5.32 Å². The van der Waals surface area contributed by atoms with Gasteiger partial charge in [-0.3, -0.25) is 4.79 Å². The summed E-state index contributed by atoms with van der Waals surface area (Å²) in [6.45, 7) is 3.81. The molecule has 0 unspecified atom stereocenters. The topological polar surface area (TPSA) is 29.1 Å². The Balaban J connectivity index is 2.31. The van der Waals surface area contributed by atoms with Gasteiger partial charge in [-0.05, 0) is 59.1 Å². The standard InChI is InChI=1S/C15H13BrClNO/c1-9-5-3-8-13(14(9)16)18-15(19)11-6-4-7-12(17)10(11)2/h3-8H,1-2H3,(H,18,19). The summed E-state index contributed by atoms with van der Waals surface area (Å²) in [5, 5.41) is 3.48. The van der Waals surface area contributed by atoms with E-state index in [0.717, 1.165) is 21.3 Å². The highest BCUT2D eigenvalue weighted by molar-refractivity contribution is 9.10. The largest absolute Gasteiger partial charge is 0.321 e. The average molecular weight is 339 g/mol. The monoisotopic (exact) mass is 337 g/mol. The van der Waals surface area contributed by atoms with Gasteiger partial charge in [0.05, 0.1) is 5.69 Å². The predicted molar refractivity (Wildman–Crippen MR) is 83.0 cm³/mol. The molecule has 2 aromatic rings. The number of nitrogens with one attached hydrogen (secondary N) is 1. The third-order valence-corrected chi connectivity index (χ3v) is 4.41. The SMILES string of the molecule is Cc1cccc(NC(=O)c2cccc(Cl)c2C)c1Br. The lowest BCUT2D eigenvalue weighted by molar-refractivity contribution is 0.102. The van der Waals surface area contributed by atoms with Gasteiger partial charge in [0.1, 0.15) is 0 Å². The highest BCUT2D eigenvalue weighted by Crippen LogP contribution is 2.27. The summed E-state index contributed by atoms with van der Waals surface area (Å²) in [4.78, 5) is 12.3. The zero-order valence-corrected chi connectivity index (χ0v) is 13.0. The van der Waals surface area contributed by atoms with Gasteiger partial charge in [0.2, 0.25) is 0 Å². The number of benzene rings is 2. The fraction of sp³-hybridized carbons (Fsp3) is 0.133. The van der Waals surface area contributed by atoms with Gasteiger partial charge in [-0.1, -0.05) is 29.8 Å². The molecule has 2 nitrogen and oxygen atoms in total. The summed E-state index contributed by atoms with van der Waals surface area (Å²) in [7, 11) is 0. The van der Waals surface area contributed by atoms with Gasteiger partial charge >= 0.3 is 0 Å². The Morgan fingerprint density at radius 1 is 1.16 bits per heavy atom. The summed E-state index contributed by atoms with van der Waals surface area (Å²) in [5.74, 6) is -0.161. The van der Waals surface area contributed by atoms with Crippen LogP contribution in [0.5, 0.6) is 0 Å². The van der Waals surface area contributed by atoms with Gasteiger partial charge in [0, 0.05) is 15.1 Å². The summed E-state index contributed by atoms with van der Waals surface area (Å²) in [6.07, 6.45) is 0. The van der Waals surface area contributed by atoms with E-state index in [2.05, 4.69) is 21.2 Å². The van der Waals surface area contributed by atoms with Crippen molar-refractivity contribution in [1.82, 2.24) is 0 Å². The van der Waals surface area contributed by atoms with E-state index in [-0.39, 0.29) is 5.91 Å². The molecule has 19 heavy (non-hydrogen) atoms. The maximum atomic E-state index is 12.3. The second-order valence-electron chi connectivity index (χ2n) is 4.30. The van der Waals surface area contributed by atoms with Crippen LogP contribution in [0.25, 0.3) is 0 Å². The molecule has 4 heteroatoms. The molecule has 0 aliphatic carbocycles. The molecule has 0 bridgehead atoms. The zero-order chi connectivity index (χ0) is 14.0. The summed E-state index contributed by atoms with van der Waals surface area (Å²) in [5.41, 5.74) is 3.19. The second kappa shape index (κ2) is 5.76. The molecule has 0 radical (unpaired) electrons. The summed E-state index contributed by atoms with van der Waals surface area (Å²) in [6, 6.07) is 11.0. The normalized spacial score (nSPS) is 10.3. The van der Waals surface area contributed by atoms with Crippen molar-refractivity contribution in [2.24, 2.45) is 0 Å². The smallest absolute Gasteiger partial charge is 0.256 e. The molecule has 2 aromatic carbocycles. The highest BCUT2D eigenvalue weighted by Gasteiger charge is 2.12. The van der Waals surface area contributed by atoms with E-state index in [0.29, 0.717) is 10.6 Å². The van der Waals surface area contributed by atoms with Crippen molar-refractivity contribution in [2.75, 3.05) is 5.32 Å². The molecule has 0 fully saturated rings. The Kier molecular flexibility index (Phi) is 4.27. The van der Waals surface area contributed by atoms with Crippen LogP contribution < -0.4 is 5.32 Å². The van der Waals surface area contributed by atoms with E-state index < -0.39 is 0 Å². The first kappa shape index (κ1) is 14.1. The third kappa shape index (κ3) is 2.99. The van der Waals surface area contributed by atoms with E-state index >= 15 is 0 Å². The van der Waals surface area contributed by atoms with E-state index in [4.69, 9.17) is 11.6 Å². The van der Waals surface area contributed by atoms with Gasteiger partial charge in [-0.2, -0.15) is 0 Å². The zero-order valence-electron chi connectivity index (χ0n) is 10.6. The Bertz CT molecular complexity index is 640. The number of aryl methyl sites for hydroxylation is 1. The molecule has 0 heterocycles. The van der Waals surface area contributed by atoms with Crippen LogP contribution in [0.15, 0.2) is 40.9 Å². The molecule has 0 aliphatic rings. The van der Waals surface area contributed by atoms with Crippen LogP contribution in [0.2, 0.25) is 5.02 Å². The molecule has 1 amide bonds. The van der Waals surface area contributed by atoms with Crippen molar-refractivity contribution < 1.29 is 4.79 Å². The minimum Gasteiger partial charge on any atom is -0.321 e. The van der Waals surface area contributed by atoms with Crippen LogP contribution in [0.4, 0.5) is 5.69 Å². The van der Waals surface area contributed by atoms with E-state index in [1.54, 1.807) is 18.2 Å². The molecular formula is C15H13BrClNO. The first-order chi connectivity index (χ1) is 9.00. The van der Waals surface area contributed by atoms with Crippen molar-refractivity contribution in [3.05, 3.63) is 62.6 Å². The first-order valence-electron chi connectivity index (χ1n) is 5.82. The van der Waals surface area contributed by atoms with E-state index in [9.17, 15) is 4.79 Å². The van der Waals surface area contributed by atoms with Crippen LogP contribution in [0, 0.1) is 13.8 Å². The van der Waals surface area contributed by atoms with Crippen molar-refractivity contribution in [3.63, 3.8) is 0 Å². The number of carbonyl (C=O) groups excluding carboxylic acids is 1. The molecule has 1 N–H and O–H groups in total. The summed E-state index contributed by atoms with van der Waals surface area (Å²) < 4.78 is 0.892. The number of hydrogen-bond acceptors (Lipinski definition) is 1. The number of amides is 1. The van der Waals surface area contributed by atoms with Gasteiger partial charge in [0.25, 0.3) is 5.91 Å². The van der Waals surface area contributed by atoms with Crippen molar-refractivity contribution in [3.8, 4) is 0 Å². The maximum absolute atomic E-state index is 12.3. The van der Waals surface area contributed by atoms with Crippen LogP contribution in [-0.4, -0.2) is 5.91 Å². The van der Waals surface area contributed by atoms with Gasteiger partial charge in [-0.15, -0.1) is 0 Å². The second-order valence-corrected chi connectivity index (χ2v) is 5.50. The summed E-state index contributed by atoms with van der Waals surface area (Å²) >= 11 is 9.50. The van der Waals surface area contributed by atoms with Gasteiger partial charge in [0.15, 0.2) is 0 Å². The Hall–Kier alpha value is -1.32. The molecule has 98 valence electrons. The fourth-order valence-electron chi connectivity index (χ4n) is 1.79. The van der Waals surface area contributed by atoms with Crippen molar-refractivity contribution >= 4 is 39.1 Å². The minimum atomic E-state index is -0.161. The molecular weight excluding hydrogens is 326 g/mol. The number of hydrogen-bond donors (Lipinski definition) is 1.